The Balaban J connectivity index is 2.42. The predicted octanol–water partition coefficient (Wildman–Crippen LogP) is 1.69. The number of carbonyl (C=O) groups excluding carboxylic acids is 3. The van der Waals surface area contributed by atoms with Crippen LogP contribution in [0.25, 0.3) is 0 Å². The van der Waals surface area contributed by atoms with Crippen LogP contribution < -0.4 is 15.4 Å². The summed E-state index contributed by atoms with van der Waals surface area (Å²) in [7, 11) is 4.22. The number of halogens is 1. The Labute approximate surface area is 192 Å². The van der Waals surface area contributed by atoms with Gasteiger partial charge in [-0.05, 0) is 33.6 Å². The molecule has 0 radical (unpaired) electrons. The van der Waals surface area contributed by atoms with E-state index in [-0.39, 0.29) is 22.3 Å². The van der Waals surface area contributed by atoms with Crippen molar-refractivity contribution in [2.24, 2.45) is 5.92 Å². The smallest absolute Gasteiger partial charge is 0.319 e. The molecule has 0 fully saturated rings. The summed E-state index contributed by atoms with van der Waals surface area (Å²) in [6.45, 7) is 0.716. The maximum Gasteiger partial charge on any atom is 0.319 e. The Morgan fingerprint density at radius 1 is 1.32 bits per heavy atom. The van der Waals surface area contributed by atoms with E-state index in [9.17, 15) is 19.6 Å². The SMILES string of the molecule is COCCNC(=O)CSC1=C(C#N)[C@H](c2ccc(OC)c(Br)c2)[C@H](C(=O)OC)C(=O)N1. The highest BCUT2D eigenvalue weighted by Crippen LogP contribution is 2.41. The van der Waals surface area contributed by atoms with E-state index in [1.807, 2.05) is 0 Å². The van der Waals surface area contributed by atoms with Crippen molar-refractivity contribution in [2.75, 3.05) is 40.2 Å². The van der Waals surface area contributed by atoms with Crippen molar-refractivity contribution in [3.8, 4) is 11.8 Å². The first kappa shape index (κ1) is 24.7. The maximum atomic E-state index is 12.8. The maximum absolute atomic E-state index is 12.8. The van der Waals surface area contributed by atoms with E-state index in [4.69, 9.17) is 14.2 Å². The Morgan fingerprint density at radius 3 is 2.65 bits per heavy atom. The number of rotatable bonds is 9. The molecule has 0 saturated heterocycles. The molecule has 11 heteroatoms. The normalized spacial score (nSPS) is 18.1. The summed E-state index contributed by atoms with van der Waals surface area (Å²) in [5.74, 6) is -3.24. The molecular formula is C20H22BrN3O6S. The number of hydrogen-bond acceptors (Lipinski definition) is 8. The molecular weight excluding hydrogens is 490 g/mol. The first-order valence-corrected chi connectivity index (χ1v) is 10.9. The van der Waals surface area contributed by atoms with E-state index < -0.39 is 23.7 Å². The zero-order chi connectivity index (χ0) is 23.0. The number of carbonyl (C=O) groups is 3. The standard InChI is InChI=1S/C20H22BrN3O6S/c1-28-7-6-23-15(25)10-31-19-12(9-22)16(17(18(26)24-19)20(27)30-3)11-4-5-14(29-2)13(21)8-11/h4-5,8,16-17H,6-7,10H2,1-3H3,(H,23,25)(H,24,26)/t16-,17-/m0/s1. The predicted molar refractivity (Wildman–Crippen MR) is 117 cm³/mol. The highest BCUT2D eigenvalue weighted by Gasteiger charge is 2.44. The number of ether oxygens (including phenoxy) is 3. The summed E-state index contributed by atoms with van der Waals surface area (Å²) in [6.07, 6.45) is 0. The van der Waals surface area contributed by atoms with Crippen LogP contribution >= 0.6 is 27.7 Å². The molecule has 2 rings (SSSR count). The minimum atomic E-state index is -1.25. The fourth-order valence-electron chi connectivity index (χ4n) is 3.04. The first-order valence-electron chi connectivity index (χ1n) is 9.12. The van der Waals surface area contributed by atoms with Crippen LogP contribution in [0, 0.1) is 17.2 Å². The topological polar surface area (TPSA) is 127 Å². The molecule has 1 aromatic rings. The van der Waals surface area contributed by atoms with Gasteiger partial charge < -0.3 is 24.8 Å². The molecule has 0 aliphatic carbocycles. The van der Waals surface area contributed by atoms with Crippen molar-refractivity contribution in [1.82, 2.24) is 10.6 Å². The third kappa shape index (κ3) is 6.00. The van der Waals surface area contributed by atoms with Crippen LogP contribution in [0.15, 0.2) is 33.3 Å². The van der Waals surface area contributed by atoms with Crippen LogP contribution in [-0.2, 0) is 23.9 Å². The van der Waals surface area contributed by atoms with Crippen LogP contribution in [0.3, 0.4) is 0 Å². The Kier molecular flexibility index (Phi) is 9.36. The summed E-state index contributed by atoms with van der Waals surface area (Å²) in [4.78, 5) is 37.2. The number of thioether (sulfide) groups is 1. The van der Waals surface area contributed by atoms with Crippen molar-refractivity contribution in [2.45, 2.75) is 5.92 Å². The summed E-state index contributed by atoms with van der Waals surface area (Å²) < 4.78 is 15.5. The Morgan fingerprint density at radius 2 is 2.06 bits per heavy atom. The van der Waals surface area contributed by atoms with E-state index in [0.717, 1.165) is 11.8 Å². The molecule has 2 N–H and O–H groups in total. The summed E-state index contributed by atoms with van der Waals surface area (Å²) >= 11 is 4.41. The van der Waals surface area contributed by atoms with Crippen LogP contribution in [0.4, 0.5) is 0 Å². The number of nitriles is 1. The Hall–Kier alpha value is -2.55. The van der Waals surface area contributed by atoms with E-state index in [2.05, 4.69) is 32.6 Å². The third-order valence-corrected chi connectivity index (χ3v) is 6.13. The second kappa shape index (κ2) is 11.7. The van der Waals surface area contributed by atoms with E-state index in [1.165, 1.54) is 21.3 Å². The summed E-state index contributed by atoms with van der Waals surface area (Å²) in [5, 5.41) is 15.4. The highest BCUT2D eigenvalue weighted by atomic mass is 79.9. The lowest BCUT2D eigenvalue weighted by Gasteiger charge is -2.31. The number of allylic oxidation sites excluding steroid dienone is 1. The zero-order valence-corrected chi connectivity index (χ0v) is 19.6. The Bertz CT molecular complexity index is 930. The van der Waals surface area contributed by atoms with Crippen LogP contribution in [0.2, 0.25) is 0 Å². The molecule has 1 aliphatic heterocycles. The van der Waals surface area contributed by atoms with Crippen LogP contribution in [-0.4, -0.2) is 58.0 Å². The second-order valence-electron chi connectivity index (χ2n) is 6.35. The number of methoxy groups -OCH3 is 3. The average molecular weight is 512 g/mol. The monoisotopic (exact) mass is 511 g/mol. The second-order valence-corrected chi connectivity index (χ2v) is 8.19. The molecule has 0 aromatic heterocycles. The fraction of sp³-hybridized carbons (Fsp3) is 0.400. The van der Waals surface area contributed by atoms with Crippen molar-refractivity contribution in [1.29, 1.82) is 5.26 Å². The third-order valence-electron chi connectivity index (χ3n) is 4.49. The minimum absolute atomic E-state index is 0.0214. The molecule has 31 heavy (non-hydrogen) atoms. The van der Waals surface area contributed by atoms with Crippen molar-refractivity contribution < 1.29 is 28.6 Å². The number of hydrogen-bond donors (Lipinski definition) is 2. The van der Waals surface area contributed by atoms with Crippen molar-refractivity contribution >= 4 is 45.5 Å². The zero-order valence-electron chi connectivity index (χ0n) is 17.2. The molecule has 1 heterocycles. The lowest BCUT2D eigenvalue weighted by atomic mass is 9.78. The van der Waals surface area contributed by atoms with Gasteiger partial charge >= 0.3 is 5.97 Å². The molecule has 0 spiro atoms. The number of amides is 2. The molecule has 0 unspecified atom stereocenters. The fourth-order valence-corrected chi connectivity index (χ4v) is 4.47. The van der Waals surface area contributed by atoms with Gasteiger partial charge in [0.1, 0.15) is 11.7 Å². The lowest BCUT2D eigenvalue weighted by Crippen LogP contribution is -2.44. The molecule has 166 valence electrons. The largest absolute Gasteiger partial charge is 0.496 e. The van der Waals surface area contributed by atoms with Gasteiger partial charge in [-0.25, -0.2) is 0 Å². The van der Waals surface area contributed by atoms with Gasteiger partial charge in [-0.1, -0.05) is 17.8 Å². The van der Waals surface area contributed by atoms with Gasteiger partial charge in [0.15, 0.2) is 0 Å². The number of esters is 1. The number of benzene rings is 1. The molecule has 0 saturated carbocycles. The van der Waals surface area contributed by atoms with E-state index in [1.54, 1.807) is 18.2 Å². The van der Waals surface area contributed by atoms with E-state index >= 15 is 0 Å². The minimum Gasteiger partial charge on any atom is -0.496 e. The quantitative estimate of drug-likeness (QED) is 0.291. The first-order chi connectivity index (χ1) is 14.9. The van der Waals surface area contributed by atoms with Gasteiger partial charge in [-0.2, -0.15) is 5.26 Å². The van der Waals surface area contributed by atoms with Gasteiger partial charge in [-0.3, -0.25) is 14.4 Å². The van der Waals surface area contributed by atoms with Crippen LogP contribution in [0.1, 0.15) is 11.5 Å². The number of nitrogens with zero attached hydrogens (tertiary/aromatic N) is 1. The molecule has 2 atom stereocenters. The lowest BCUT2D eigenvalue weighted by molar-refractivity contribution is -0.150. The van der Waals surface area contributed by atoms with Gasteiger partial charge in [0.2, 0.25) is 11.8 Å². The molecule has 1 aromatic carbocycles. The number of nitrogens with one attached hydrogen (secondary N) is 2. The molecule has 1 aliphatic rings. The van der Waals surface area contributed by atoms with Gasteiger partial charge in [0.05, 0.1) is 47.7 Å². The molecule has 2 amide bonds. The van der Waals surface area contributed by atoms with Crippen molar-refractivity contribution in [3.63, 3.8) is 0 Å². The molecule has 0 bridgehead atoms. The van der Waals surface area contributed by atoms with E-state index in [0.29, 0.717) is 28.9 Å². The van der Waals surface area contributed by atoms with Gasteiger partial charge in [0, 0.05) is 19.6 Å². The van der Waals surface area contributed by atoms with Crippen LogP contribution in [0.5, 0.6) is 5.75 Å². The highest BCUT2D eigenvalue weighted by molar-refractivity contribution is 9.10. The molecule has 9 nitrogen and oxygen atoms in total. The summed E-state index contributed by atoms with van der Waals surface area (Å²) in [6, 6.07) is 7.14. The average Bonchev–Trinajstić information content (AvgIpc) is 2.76. The van der Waals surface area contributed by atoms with Gasteiger partial charge in [0.25, 0.3) is 0 Å². The van der Waals surface area contributed by atoms with Gasteiger partial charge in [-0.15, -0.1) is 0 Å². The summed E-state index contributed by atoms with van der Waals surface area (Å²) in [5.41, 5.74) is 0.721. The van der Waals surface area contributed by atoms with Crippen molar-refractivity contribution in [3.05, 3.63) is 38.8 Å².